The SMILES string of the molecule is Cc1cccnc1NC(=O)N1c2nc(C(=O)NC(C)C(F)(F)F)ccc2N2CC[C@H]1C2. The Labute approximate surface area is 176 Å². The van der Waals surface area contributed by atoms with Gasteiger partial charge in [0.2, 0.25) is 0 Å². The van der Waals surface area contributed by atoms with Gasteiger partial charge in [0, 0.05) is 19.3 Å². The number of aromatic nitrogens is 2. The predicted octanol–water partition coefficient (Wildman–Crippen LogP) is 3.10. The zero-order chi connectivity index (χ0) is 22.3. The Morgan fingerprint density at radius 1 is 1.26 bits per heavy atom. The van der Waals surface area contributed by atoms with Gasteiger partial charge in [0.25, 0.3) is 5.91 Å². The normalized spacial score (nSPS) is 18.4. The van der Waals surface area contributed by atoms with Crippen LogP contribution in [0.4, 0.5) is 35.3 Å². The van der Waals surface area contributed by atoms with Crippen molar-refractivity contribution in [3.63, 3.8) is 0 Å². The molecule has 11 heteroatoms. The molecule has 8 nitrogen and oxygen atoms in total. The minimum Gasteiger partial charge on any atom is -0.366 e. The van der Waals surface area contributed by atoms with E-state index in [0.717, 1.165) is 12.5 Å². The van der Waals surface area contributed by atoms with Gasteiger partial charge in [-0.3, -0.25) is 15.0 Å². The van der Waals surface area contributed by atoms with E-state index in [9.17, 15) is 22.8 Å². The van der Waals surface area contributed by atoms with Crippen molar-refractivity contribution in [2.75, 3.05) is 28.2 Å². The van der Waals surface area contributed by atoms with Gasteiger partial charge in [0.15, 0.2) is 5.82 Å². The van der Waals surface area contributed by atoms with Crippen LogP contribution >= 0.6 is 0 Å². The molecule has 1 fully saturated rings. The second-order valence-electron chi connectivity index (χ2n) is 7.63. The number of anilines is 3. The molecule has 31 heavy (non-hydrogen) atoms. The second kappa shape index (κ2) is 7.71. The van der Waals surface area contributed by atoms with Gasteiger partial charge >= 0.3 is 12.2 Å². The summed E-state index contributed by atoms with van der Waals surface area (Å²) in [7, 11) is 0. The highest BCUT2D eigenvalue weighted by molar-refractivity contribution is 6.05. The Morgan fingerprint density at radius 3 is 2.74 bits per heavy atom. The van der Waals surface area contributed by atoms with Crippen molar-refractivity contribution in [2.24, 2.45) is 0 Å². The number of fused-ring (bicyclic) bond motifs is 4. The third-order valence-electron chi connectivity index (χ3n) is 5.48. The molecule has 164 valence electrons. The topological polar surface area (TPSA) is 90.5 Å². The summed E-state index contributed by atoms with van der Waals surface area (Å²) < 4.78 is 38.4. The highest BCUT2D eigenvalue weighted by Crippen LogP contribution is 2.39. The summed E-state index contributed by atoms with van der Waals surface area (Å²) >= 11 is 0. The number of rotatable bonds is 3. The van der Waals surface area contributed by atoms with Crippen molar-refractivity contribution in [3.8, 4) is 0 Å². The van der Waals surface area contributed by atoms with E-state index in [0.29, 0.717) is 31.0 Å². The van der Waals surface area contributed by atoms with Crippen molar-refractivity contribution in [1.29, 1.82) is 0 Å². The summed E-state index contributed by atoms with van der Waals surface area (Å²) in [4.78, 5) is 37.5. The Hall–Kier alpha value is -3.37. The molecule has 2 aliphatic rings. The zero-order valence-corrected chi connectivity index (χ0v) is 16.9. The fourth-order valence-corrected chi connectivity index (χ4v) is 3.73. The average Bonchev–Trinajstić information content (AvgIpc) is 3.13. The van der Waals surface area contributed by atoms with E-state index >= 15 is 0 Å². The number of amides is 3. The van der Waals surface area contributed by atoms with Crippen LogP contribution in [-0.4, -0.2) is 53.3 Å². The number of carbonyl (C=O) groups is 2. The van der Waals surface area contributed by atoms with Gasteiger partial charge in [0.05, 0.1) is 11.7 Å². The fraction of sp³-hybridized carbons (Fsp3) is 0.400. The van der Waals surface area contributed by atoms with Gasteiger partial charge < -0.3 is 10.2 Å². The van der Waals surface area contributed by atoms with E-state index in [1.54, 1.807) is 18.3 Å². The van der Waals surface area contributed by atoms with E-state index in [4.69, 9.17) is 0 Å². The number of carbonyl (C=O) groups excluding carboxylic acids is 2. The Balaban J connectivity index is 1.64. The van der Waals surface area contributed by atoms with Gasteiger partial charge in [0.1, 0.15) is 17.6 Å². The zero-order valence-electron chi connectivity index (χ0n) is 16.9. The van der Waals surface area contributed by atoms with E-state index in [1.165, 1.54) is 11.0 Å². The lowest BCUT2D eigenvalue weighted by atomic mass is 10.1. The molecule has 2 aromatic heterocycles. The van der Waals surface area contributed by atoms with Crippen molar-refractivity contribution in [3.05, 3.63) is 41.7 Å². The second-order valence-corrected chi connectivity index (χ2v) is 7.63. The summed E-state index contributed by atoms with van der Waals surface area (Å²) in [6.07, 6.45) is -2.30. The van der Waals surface area contributed by atoms with Gasteiger partial charge in [-0.05, 0) is 44.0 Å². The van der Waals surface area contributed by atoms with Crippen LogP contribution in [0.1, 0.15) is 29.4 Å². The number of pyridine rings is 2. The van der Waals surface area contributed by atoms with Crippen LogP contribution in [0.25, 0.3) is 0 Å². The van der Waals surface area contributed by atoms with Crippen LogP contribution in [0.15, 0.2) is 30.5 Å². The third kappa shape index (κ3) is 3.99. The molecule has 0 spiro atoms. The van der Waals surface area contributed by atoms with Gasteiger partial charge in [-0.15, -0.1) is 0 Å². The molecular weight excluding hydrogens is 413 g/mol. The van der Waals surface area contributed by atoms with Crippen LogP contribution in [0.3, 0.4) is 0 Å². The average molecular weight is 434 g/mol. The maximum Gasteiger partial charge on any atom is 0.408 e. The van der Waals surface area contributed by atoms with Gasteiger partial charge in [-0.2, -0.15) is 13.2 Å². The molecule has 0 aliphatic carbocycles. The van der Waals surface area contributed by atoms with E-state index in [1.807, 2.05) is 23.2 Å². The Kier molecular flexibility index (Phi) is 5.19. The largest absolute Gasteiger partial charge is 0.408 e. The summed E-state index contributed by atoms with van der Waals surface area (Å²) in [5.41, 5.74) is 1.24. The van der Waals surface area contributed by atoms with Gasteiger partial charge in [-0.1, -0.05) is 6.07 Å². The molecule has 1 saturated heterocycles. The number of halogens is 3. The summed E-state index contributed by atoms with van der Waals surface area (Å²) in [6, 6.07) is 3.90. The number of alkyl halides is 3. The Bertz CT molecular complexity index is 1030. The fourth-order valence-electron chi connectivity index (χ4n) is 3.73. The van der Waals surface area contributed by atoms with Crippen LogP contribution in [0.2, 0.25) is 0 Å². The Morgan fingerprint density at radius 2 is 2.03 bits per heavy atom. The minimum absolute atomic E-state index is 0.170. The number of hydrogen-bond donors (Lipinski definition) is 2. The molecule has 2 aromatic rings. The molecule has 0 radical (unpaired) electrons. The first kappa shape index (κ1) is 20.9. The summed E-state index contributed by atoms with van der Waals surface area (Å²) in [5.74, 6) is -0.309. The molecular formula is C20H21F3N6O2. The first-order chi connectivity index (χ1) is 14.6. The first-order valence-corrected chi connectivity index (χ1v) is 9.80. The van der Waals surface area contributed by atoms with Crippen molar-refractivity contribution in [1.82, 2.24) is 15.3 Å². The number of nitrogens with one attached hydrogen (secondary N) is 2. The summed E-state index contributed by atoms with van der Waals surface area (Å²) in [6.45, 7) is 3.99. The standard InChI is InChI=1S/C20H21F3N6O2/c1-11-4-3-8-24-16(11)27-19(31)29-13-7-9-28(10-13)15-6-5-14(26-17(15)29)18(30)25-12(2)20(21,22)23/h3-6,8,12-13H,7,9-10H2,1-2H3,(H,25,30)(H,24,27,31)/t12?,13-/m0/s1. The van der Waals surface area contributed by atoms with E-state index in [-0.39, 0.29) is 17.6 Å². The number of aryl methyl sites for hydroxylation is 1. The van der Waals surface area contributed by atoms with Crippen LogP contribution in [0, 0.1) is 6.92 Å². The molecule has 2 N–H and O–H groups in total. The predicted molar refractivity (Wildman–Crippen MR) is 108 cm³/mol. The molecule has 2 aliphatic heterocycles. The van der Waals surface area contributed by atoms with Crippen molar-refractivity contribution < 1.29 is 22.8 Å². The number of urea groups is 1. The lowest BCUT2D eigenvalue weighted by Crippen LogP contribution is -2.49. The molecule has 2 bridgehead atoms. The number of nitrogens with zero attached hydrogens (tertiary/aromatic N) is 4. The molecule has 1 unspecified atom stereocenters. The van der Waals surface area contributed by atoms with Crippen LogP contribution in [0.5, 0.6) is 0 Å². The molecule has 4 rings (SSSR count). The molecule has 0 aromatic carbocycles. The lowest BCUT2D eigenvalue weighted by molar-refractivity contribution is -0.149. The first-order valence-electron chi connectivity index (χ1n) is 9.80. The lowest BCUT2D eigenvalue weighted by Gasteiger charge is -2.35. The maximum absolute atomic E-state index is 13.1. The molecule has 0 saturated carbocycles. The molecule has 3 amide bonds. The number of hydrogen-bond acceptors (Lipinski definition) is 5. The van der Waals surface area contributed by atoms with E-state index in [2.05, 4.69) is 15.3 Å². The van der Waals surface area contributed by atoms with Crippen LogP contribution < -0.4 is 20.4 Å². The van der Waals surface area contributed by atoms with E-state index < -0.39 is 24.2 Å². The van der Waals surface area contributed by atoms with Crippen molar-refractivity contribution >= 4 is 29.3 Å². The minimum atomic E-state index is -4.57. The third-order valence-corrected chi connectivity index (χ3v) is 5.48. The highest BCUT2D eigenvalue weighted by Gasteiger charge is 2.41. The van der Waals surface area contributed by atoms with Gasteiger partial charge in [-0.25, -0.2) is 14.8 Å². The smallest absolute Gasteiger partial charge is 0.366 e. The van der Waals surface area contributed by atoms with Crippen molar-refractivity contribution in [2.45, 2.75) is 38.5 Å². The molecule has 2 atom stereocenters. The quantitative estimate of drug-likeness (QED) is 0.775. The monoisotopic (exact) mass is 434 g/mol. The maximum atomic E-state index is 13.1. The highest BCUT2D eigenvalue weighted by atomic mass is 19.4. The molecule has 4 heterocycles. The summed E-state index contributed by atoms with van der Waals surface area (Å²) in [5, 5.41) is 4.68. The van der Waals surface area contributed by atoms with Crippen LogP contribution in [-0.2, 0) is 0 Å².